The number of Topliss-reactive ketones (excluding diaryl/α,β-unsaturated/α-hetero) is 1. The third-order valence-corrected chi connectivity index (χ3v) is 5.98. The van der Waals surface area contributed by atoms with Crippen LogP contribution in [0, 0.1) is 13.8 Å². The SMILES string of the molecule is COc1cc(C)c(C)cc1S(=O)(=O)Nc1ccc2c(c1)C(=O)CC(C)(C)O2. The molecule has 0 saturated heterocycles. The average Bonchev–Trinajstić information content (AvgIpc) is 2.56. The summed E-state index contributed by atoms with van der Waals surface area (Å²) < 4.78 is 39.4. The first-order chi connectivity index (χ1) is 12.5. The Kier molecular flexibility index (Phi) is 4.67. The third-order valence-electron chi connectivity index (χ3n) is 4.57. The van der Waals surface area contributed by atoms with Crippen molar-refractivity contribution in [2.45, 2.75) is 44.6 Å². The molecule has 0 aromatic heterocycles. The maximum absolute atomic E-state index is 12.9. The first-order valence-corrected chi connectivity index (χ1v) is 10.0. The van der Waals surface area contributed by atoms with Crippen LogP contribution in [0.25, 0.3) is 0 Å². The molecule has 0 bridgehead atoms. The third kappa shape index (κ3) is 3.78. The second kappa shape index (κ2) is 6.56. The van der Waals surface area contributed by atoms with E-state index in [9.17, 15) is 13.2 Å². The van der Waals surface area contributed by atoms with Gasteiger partial charge in [0.2, 0.25) is 0 Å². The fraction of sp³-hybridized carbons (Fsp3) is 0.350. The number of ether oxygens (including phenoxy) is 2. The molecule has 0 atom stereocenters. The van der Waals surface area contributed by atoms with Gasteiger partial charge in [0.1, 0.15) is 22.0 Å². The monoisotopic (exact) mass is 389 g/mol. The van der Waals surface area contributed by atoms with Crippen LogP contribution in [0.2, 0.25) is 0 Å². The van der Waals surface area contributed by atoms with Crippen LogP contribution < -0.4 is 14.2 Å². The Balaban J connectivity index is 1.98. The Morgan fingerprint density at radius 2 is 1.78 bits per heavy atom. The molecule has 0 spiro atoms. The number of benzene rings is 2. The number of aryl methyl sites for hydroxylation is 2. The van der Waals surface area contributed by atoms with Gasteiger partial charge in [-0.1, -0.05) is 0 Å². The number of anilines is 1. The number of methoxy groups -OCH3 is 1. The summed E-state index contributed by atoms with van der Waals surface area (Å²) in [5.74, 6) is 0.652. The van der Waals surface area contributed by atoms with Crippen LogP contribution >= 0.6 is 0 Å². The zero-order valence-corrected chi connectivity index (χ0v) is 16.9. The van der Waals surface area contributed by atoms with Gasteiger partial charge in [0.15, 0.2) is 5.78 Å². The molecule has 144 valence electrons. The summed E-state index contributed by atoms with van der Waals surface area (Å²) in [5.41, 5.74) is 1.88. The average molecular weight is 389 g/mol. The summed E-state index contributed by atoms with van der Waals surface area (Å²) >= 11 is 0. The Hall–Kier alpha value is -2.54. The minimum absolute atomic E-state index is 0.0505. The van der Waals surface area contributed by atoms with Gasteiger partial charge >= 0.3 is 0 Å². The maximum Gasteiger partial charge on any atom is 0.265 e. The molecule has 0 radical (unpaired) electrons. The Labute approximate surface area is 159 Å². The van der Waals surface area contributed by atoms with E-state index in [0.29, 0.717) is 17.0 Å². The molecule has 1 N–H and O–H groups in total. The van der Waals surface area contributed by atoms with E-state index in [4.69, 9.17) is 9.47 Å². The van der Waals surface area contributed by atoms with E-state index in [1.54, 1.807) is 24.3 Å². The maximum atomic E-state index is 12.9. The fourth-order valence-corrected chi connectivity index (χ4v) is 4.35. The van der Waals surface area contributed by atoms with Gasteiger partial charge in [-0.2, -0.15) is 0 Å². The molecule has 6 nitrogen and oxygen atoms in total. The Bertz CT molecular complexity index is 1020. The number of sulfonamides is 1. The molecule has 1 aliphatic heterocycles. The van der Waals surface area contributed by atoms with Crippen LogP contribution in [0.15, 0.2) is 35.2 Å². The lowest BCUT2D eigenvalue weighted by molar-refractivity contribution is 0.0620. The second-order valence-electron chi connectivity index (χ2n) is 7.37. The number of ketones is 1. The molecule has 27 heavy (non-hydrogen) atoms. The number of hydrogen-bond donors (Lipinski definition) is 1. The number of carbonyl (C=O) groups is 1. The lowest BCUT2D eigenvalue weighted by atomic mass is 9.93. The van der Waals surface area contributed by atoms with Gasteiger partial charge in [0, 0.05) is 5.69 Å². The highest BCUT2D eigenvalue weighted by atomic mass is 32.2. The molecule has 3 rings (SSSR count). The van der Waals surface area contributed by atoms with E-state index in [-0.39, 0.29) is 22.8 Å². The molecule has 1 heterocycles. The van der Waals surface area contributed by atoms with Crippen LogP contribution in [-0.4, -0.2) is 26.9 Å². The van der Waals surface area contributed by atoms with Crippen molar-refractivity contribution in [2.24, 2.45) is 0 Å². The molecular weight excluding hydrogens is 366 g/mol. The summed E-state index contributed by atoms with van der Waals surface area (Å²) in [7, 11) is -2.46. The normalized spacial score (nSPS) is 15.7. The summed E-state index contributed by atoms with van der Waals surface area (Å²) in [5, 5.41) is 0. The van der Waals surface area contributed by atoms with Crippen molar-refractivity contribution in [3.63, 3.8) is 0 Å². The summed E-state index contributed by atoms with van der Waals surface area (Å²) in [4.78, 5) is 12.4. The fourth-order valence-electron chi connectivity index (χ4n) is 3.06. The summed E-state index contributed by atoms with van der Waals surface area (Å²) in [6, 6.07) is 7.97. The first kappa shape index (κ1) is 19.2. The van der Waals surface area contributed by atoms with Crippen molar-refractivity contribution in [1.29, 1.82) is 0 Å². The van der Waals surface area contributed by atoms with Crippen molar-refractivity contribution < 1.29 is 22.7 Å². The minimum atomic E-state index is -3.89. The molecule has 1 aliphatic rings. The zero-order chi connectivity index (χ0) is 20.0. The Morgan fingerprint density at radius 3 is 2.44 bits per heavy atom. The predicted molar refractivity (Wildman–Crippen MR) is 103 cm³/mol. The van der Waals surface area contributed by atoms with Crippen molar-refractivity contribution >= 4 is 21.5 Å². The van der Waals surface area contributed by atoms with Crippen LogP contribution in [0.3, 0.4) is 0 Å². The highest BCUT2D eigenvalue weighted by molar-refractivity contribution is 7.92. The van der Waals surface area contributed by atoms with Crippen molar-refractivity contribution in [1.82, 2.24) is 0 Å². The van der Waals surface area contributed by atoms with Crippen LogP contribution in [-0.2, 0) is 10.0 Å². The molecule has 0 aliphatic carbocycles. The van der Waals surface area contributed by atoms with Gasteiger partial charge in [-0.05, 0) is 69.2 Å². The van der Waals surface area contributed by atoms with Crippen molar-refractivity contribution in [3.05, 3.63) is 47.0 Å². The van der Waals surface area contributed by atoms with Crippen LogP contribution in [0.4, 0.5) is 5.69 Å². The molecule has 0 fully saturated rings. The van der Waals surface area contributed by atoms with Crippen LogP contribution in [0.5, 0.6) is 11.5 Å². The van der Waals surface area contributed by atoms with E-state index in [1.807, 2.05) is 27.7 Å². The van der Waals surface area contributed by atoms with E-state index in [1.165, 1.54) is 13.2 Å². The highest BCUT2D eigenvalue weighted by Gasteiger charge is 2.33. The number of nitrogens with one attached hydrogen (secondary N) is 1. The molecule has 7 heteroatoms. The van der Waals surface area contributed by atoms with Gasteiger partial charge in [-0.25, -0.2) is 8.42 Å². The molecule has 0 unspecified atom stereocenters. The number of fused-ring (bicyclic) bond motifs is 1. The van der Waals surface area contributed by atoms with E-state index in [2.05, 4.69) is 4.72 Å². The Morgan fingerprint density at radius 1 is 1.11 bits per heavy atom. The number of rotatable bonds is 4. The van der Waals surface area contributed by atoms with E-state index >= 15 is 0 Å². The van der Waals surface area contributed by atoms with Gasteiger partial charge < -0.3 is 9.47 Å². The molecule has 0 saturated carbocycles. The van der Waals surface area contributed by atoms with Gasteiger partial charge in [0.05, 0.1) is 19.1 Å². The molecular formula is C20H23NO5S. The van der Waals surface area contributed by atoms with Crippen molar-refractivity contribution in [2.75, 3.05) is 11.8 Å². The van der Waals surface area contributed by atoms with Crippen LogP contribution in [0.1, 0.15) is 41.8 Å². The van der Waals surface area contributed by atoms with Crippen molar-refractivity contribution in [3.8, 4) is 11.5 Å². The summed E-state index contributed by atoms with van der Waals surface area (Å²) in [6.45, 7) is 7.41. The molecule has 2 aromatic rings. The van der Waals surface area contributed by atoms with Gasteiger partial charge in [-0.15, -0.1) is 0 Å². The largest absolute Gasteiger partial charge is 0.495 e. The first-order valence-electron chi connectivity index (χ1n) is 8.57. The molecule has 2 aromatic carbocycles. The molecule has 0 amide bonds. The number of hydrogen-bond acceptors (Lipinski definition) is 5. The van der Waals surface area contributed by atoms with Gasteiger partial charge in [0.25, 0.3) is 10.0 Å². The smallest absolute Gasteiger partial charge is 0.265 e. The summed E-state index contributed by atoms with van der Waals surface area (Å²) in [6.07, 6.45) is 0.237. The standard InChI is InChI=1S/C20H23NO5S/c1-12-8-18(25-5)19(9-13(12)2)27(23,24)21-14-6-7-17-15(10-14)16(22)11-20(3,4)26-17/h6-10,21H,11H2,1-5H3. The number of carbonyl (C=O) groups excluding carboxylic acids is 1. The lowest BCUT2D eigenvalue weighted by Crippen LogP contribution is -2.35. The van der Waals surface area contributed by atoms with E-state index < -0.39 is 15.6 Å². The second-order valence-corrected chi connectivity index (χ2v) is 9.02. The minimum Gasteiger partial charge on any atom is -0.495 e. The topological polar surface area (TPSA) is 81.7 Å². The lowest BCUT2D eigenvalue weighted by Gasteiger charge is -2.31. The quantitative estimate of drug-likeness (QED) is 0.859. The van der Waals surface area contributed by atoms with E-state index in [0.717, 1.165) is 11.1 Å². The zero-order valence-electron chi connectivity index (χ0n) is 16.0. The van der Waals surface area contributed by atoms with Gasteiger partial charge in [-0.3, -0.25) is 9.52 Å². The predicted octanol–water partition coefficient (Wildman–Crippen LogP) is 3.86. The highest BCUT2D eigenvalue weighted by Crippen LogP contribution is 2.35.